The zero-order valence-corrected chi connectivity index (χ0v) is 9.35. The van der Waals surface area contributed by atoms with Crippen molar-refractivity contribution in [2.75, 3.05) is 0 Å². The Kier molecular flexibility index (Phi) is 4.41. The van der Waals surface area contributed by atoms with Crippen LogP contribution in [0.4, 0.5) is 0 Å². The molecule has 3 heteroatoms. The highest BCUT2D eigenvalue weighted by molar-refractivity contribution is 7.10. The number of alkyl halides is 1. The van der Waals surface area contributed by atoms with Crippen LogP contribution in [0.15, 0.2) is 11.4 Å². The van der Waals surface area contributed by atoms with Crippen LogP contribution in [-0.4, -0.2) is 5.38 Å². The molecule has 0 bridgehead atoms. The van der Waals surface area contributed by atoms with Gasteiger partial charge in [0.2, 0.25) is 0 Å². The molecule has 0 aromatic carbocycles. The van der Waals surface area contributed by atoms with E-state index in [0.717, 1.165) is 24.3 Å². The Balaban J connectivity index is 2.38. The molecule has 0 spiro atoms. The third-order valence-electron chi connectivity index (χ3n) is 1.82. The first-order valence-electron chi connectivity index (χ1n) is 4.10. The first kappa shape index (κ1) is 10.4. The summed E-state index contributed by atoms with van der Waals surface area (Å²) in [6.45, 7) is 2.10. The first-order valence-corrected chi connectivity index (χ1v) is 5.79. The molecule has 0 aliphatic rings. The van der Waals surface area contributed by atoms with Gasteiger partial charge in [0.25, 0.3) is 0 Å². The van der Waals surface area contributed by atoms with Crippen LogP contribution < -0.4 is 0 Å². The lowest BCUT2D eigenvalue weighted by Gasteiger charge is -2.04. The Morgan fingerprint density at radius 2 is 2.33 bits per heavy atom. The Morgan fingerprint density at radius 3 is 2.83 bits per heavy atom. The summed E-state index contributed by atoms with van der Waals surface area (Å²) in [5.41, 5.74) is 0. The lowest BCUT2D eigenvalue weighted by molar-refractivity contribution is 0.732. The third kappa shape index (κ3) is 2.96. The van der Waals surface area contributed by atoms with Crippen LogP contribution in [0.25, 0.3) is 0 Å². The molecule has 1 unspecified atom stereocenters. The number of hydrogen-bond donors (Lipinski definition) is 0. The van der Waals surface area contributed by atoms with Crippen molar-refractivity contribution in [2.45, 2.75) is 31.6 Å². The third-order valence-corrected chi connectivity index (χ3v) is 3.79. The summed E-state index contributed by atoms with van der Waals surface area (Å²) in [5, 5.41) is 3.20. The van der Waals surface area contributed by atoms with E-state index in [1.54, 1.807) is 11.3 Å². The van der Waals surface area contributed by atoms with Crippen LogP contribution in [0.1, 0.15) is 24.6 Å². The van der Waals surface area contributed by atoms with Gasteiger partial charge in [0.05, 0.1) is 5.02 Å². The van der Waals surface area contributed by atoms with Gasteiger partial charge < -0.3 is 0 Å². The zero-order valence-electron chi connectivity index (χ0n) is 7.02. The molecule has 0 nitrogen and oxygen atoms in total. The number of halogens is 2. The molecular weight excluding hydrogens is 211 g/mol. The second-order valence-electron chi connectivity index (χ2n) is 2.74. The average Bonchev–Trinajstić information content (AvgIpc) is 2.47. The average molecular weight is 223 g/mol. The molecule has 0 fully saturated rings. The summed E-state index contributed by atoms with van der Waals surface area (Å²) in [4.78, 5) is 1.26. The molecule has 0 saturated carbocycles. The van der Waals surface area contributed by atoms with E-state index in [0.29, 0.717) is 5.38 Å². The van der Waals surface area contributed by atoms with Crippen molar-refractivity contribution in [1.82, 2.24) is 0 Å². The zero-order chi connectivity index (χ0) is 8.97. The molecule has 0 saturated heterocycles. The van der Waals surface area contributed by atoms with Crippen molar-refractivity contribution in [2.24, 2.45) is 0 Å². The molecule has 1 aromatic heterocycles. The fourth-order valence-corrected chi connectivity index (χ4v) is 2.25. The maximum absolute atomic E-state index is 6.00. The second kappa shape index (κ2) is 5.11. The van der Waals surface area contributed by atoms with Gasteiger partial charge >= 0.3 is 0 Å². The molecule has 1 aromatic rings. The summed E-state index contributed by atoms with van der Waals surface area (Å²) < 4.78 is 0. The standard InChI is InChI=1S/C9H12Cl2S/c1-2-7(10)3-4-9-8(11)5-6-12-9/h5-7H,2-4H2,1H3. The first-order chi connectivity index (χ1) is 5.74. The van der Waals surface area contributed by atoms with Crippen molar-refractivity contribution in [3.8, 4) is 0 Å². The van der Waals surface area contributed by atoms with Crippen LogP contribution in [-0.2, 0) is 6.42 Å². The fourth-order valence-electron chi connectivity index (χ4n) is 0.995. The molecule has 0 aliphatic carbocycles. The summed E-state index contributed by atoms with van der Waals surface area (Å²) >= 11 is 13.6. The van der Waals surface area contributed by atoms with Crippen molar-refractivity contribution in [3.63, 3.8) is 0 Å². The number of aryl methyl sites for hydroxylation is 1. The molecule has 12 heavy (non-hydrogen) atoms. The van der Waals surface area contributed by atoms with Crippen molar-refractivity contribution in [1.29, 1.82) is 0 Å². The van der Waals surface area contributed by atoms with Crippen molar-refractivity contribution >= 4 is 34.5 Å². The quantitative estimate of drug-likeness (QED) is 0.665. The van der Waals surface area contributed by atoms with E-state index in [1.165, 1.54) is 4.88 Å². The SMILES string of the molecule is CCC(Cl)CCc1sccc1Cl. The Bertz CT molecular complexity index is 232. The minimum Gasteiger partial charge on any atom is -0.147 e. The van der Waals surface area contributed by atoms with Gasteiger partial charge in [0, 0.05) is 10.3 Å². The van der Waals surface area contributed by atoms with E-state index < -0.39 is 0 Å². The van der Waals surface area contributed by atoms with E-state index in [1.807, 2.05) is 11.4 Å². The van der Waals surface area contributed by atoms with E-state index >= 15 is 0 Å². The van der Waals surface area contributed by atoms with Gasteiger partial charge in [-0.15, -0.1) is 22.9 Å². The number of rotatable bonds is 4. The summed E-state index contributed by atoms with van der Waals surface area (Å²) in [5.74, 6) is 0. The molecular formula is C9H12Cl2S. The maximum atomic E-state index is 6.00. The van der Waals surface area contributed by atoms with Gasteiger partial charge in [0.15, 0.2) is 0 Å². The van der Waals surface area contributed by atoms with Gasteiger partial charge in [0.1, 0.15) is 0 Å². The molecule has 0 aliphatic heterocycles. The summed E-state index contributed by atoms with van der Waals surface area (Å²) in [7, 11) is 0. The minimum absolute atomic E-state index is 0.295. The normalized spacial score (nSPS) is 13.2. The topological polar surface area (TPSA) is 0 Å². The van der Waals surface area contributed by atoms with Gasteiger partial charge in [-0.2, -0.15) is 0 Å². The van der Waals surface area contributed by atoms with E-state index in [4.69, 9.17) is 23.2 Å². The van der Waals surface area contributed by atoms with Crippen LogP contribution in [0, 0.1) is 0 Å². The second-order valence-corrected chi connectivity index (χ2v) is 4.76. The van der Waals surface area contributed by atoms with E-state index in [-0.39, 0.29) is 0 Å². The van der Waals surface area contributed by atoms with E-state index in [2.05, 4.69) is 6.92 Å². The fraction of sp³-hybridized carbons (Fsp3) is 0.556. The predicted molar refractivity (Wildman–Crippen MR) is 57.6 cm³/mol. The smallest absolute Gasteiger partial charge is 0.0544 e. The molecule has 0 amide bonds. The van der Waals surface area contributed by atoms with Gasteiger partial charge in [-0.1, -0.05) is 18.5 Å². The Labute approximate surface area is 87.5 Å². The molecule has 0 N–H and O–H groups in total. The van der Waals surface area contributed by atoms with Gasteiger partial charge in [-0.25, -0.2) is 0 Å². The van der Waals surface area contributed by atoms with Crippen molar-refractivity contribution < 1.29 is 0 Å². The van der Waals surface area contributed by atoms with Crippen LogP contribution in [0.2, 0.25) is 5.02 Å². The lowest BCUT2D eigenvalue weighted by Crippen LogP contribution is -1.97. The Hall–Kier alpha value is 0.280. The molecule has 0 radical (unpaired) electrons. The highest BCUT2D eigenvalue weighted by Gasteiger charge is 2.05. The number of hydrogen-bond acceptors (Lipinski definition) is 1. The highest BCUT2D eigenvalue weighted by atomic mass is 35.5. The molecule has 68 valence electrons. The van der Waals surface area contributed by atoms with Crippen molar-refractivity contribution in [3.05, 3.63) is 21.3 Å². The molecule has 1 atom stereocenters. The molecule has 1 rings (SSSR count). The highest BCUT2D eigenvalue weighted by Crippen LogP contribution is 2.24. The van der Waals surface area contributed by atoms with Gasteiger partial charge in [-0.05, 0) is 30.7 Å². The summed E-state index contributed by atoms with van der Waals surface area (Å²) in [6, 6.07) is 1.94. The van der Waals surface area contributed by atoms with Crippen LogP contribution >= 0.6 is 34.5 Å². The van der Waals surface area contributed by atoms with Gasteiger partial charge in [-0.3, -0.25) is 0 Å². The minimum atomic E-state index is 0.295. The largest absolute Gasteiger partial charge is 0.147 e. The Morgan fingerprint density at radius 1 is 1.58 bits per heavy atom. The monoisotopic (exact) mass is 222 g/mol. The summed E-state index contributed by atoms with van der Waals surface area (Å²) in [6.07, 6.45) is 3.07. The lowest BCUT2D eigenvalue weighted by atomic mass is 10.2. The van der Waals surface area contributed by atoms with E-state index in [9.17, 15) is 0 Å². The number of thiophene rings is 1. The van der Waals surface area contributed by atoms with Crippen LogP contribution in [0.5, 0.6) is 0 Å². The maximum Gasteiger partial charge on any atom is 0.0544 e. The molecule has 1 heterocycles. The van der Waals surface area contributed by atoms with Crippen LogP contribution in [0.3, 0.4) is 0 Å². The predicted octanol–water partition coefficient (Wildman–Crippen LogP) is 4.35.